The number of benzene rings is 1. The highest BCUT2D eigenvalue weighted by atomic mass is 16.5. The molecule has 1 N–H and O–H groups in total. The van der Waals surface area contributed by atoms with E-state index >= 15 is 0 Å². The maximum atomic E-state index is 12.2. The van der Waals surface area contributed by atoms with Gasteiger partial charge in [0.1, 0.15) is 6.42 Å². The summed E-state index contributed by atoms with van der Waals surface area (Å²) in [4.78, 5) is 26.0. The zero-order valence-corrected chi connectivity index (χ0v) is 13.5. The minimum Gasteiger partial charge on any atom is -0.381 e. The van der Waals surface area contributed by atoms with Crippen molar-refractivity contribution in [1.29, 1.82) is 0 Å². The van der Waals surface area contributed by atoms with Gasteiger partial charge in [0.2, 0.25) is 11.8 Å². The van der Waals surface area contributed by atoms with Crippen molar-refractivity contribution >= 4 is 17.5 Å². The number of likely N-dealkylation sites (tertiary alicyclic amines) is 1. The molecule has 0 atom stereocenters. The summed E-state index contributed by atoms with van der Waals surface area (Å²) < 4.78 is 5.29. The van der Waals surface area contributed by atoms with E-state index in [4.69, 9.17) is 4.74 Å². The summed E-state index contributed by atoms with van der Waals surface area (Å²) in [6.45, 7) is 5.28. The molecular weight excluding hydrogens is 280 g/mol. The van der Waals surface area contributed by atoms with Gasteiger partial charge < -0.3 is 15.0 Å². The third kappa shape index (κ3) is 4.07. The van der Waals surface area contributed by atoms with Crippen LogP contribution in [0.5, 0.6) is 0 Å². The predicted molar refractivity (Wildman–Crippen MR) is 85.8 cm³/mol. The van der Waals surface area contributed by atoms with E-state index in [1.165, 1.54) is 0 Å². The first-order valence-electron chi connectivity index (χ1n) is 7.68. The van der Waals surface area contributed by atoms with Crippen molar-refractivity contribution in [2.24, 2.45) is 0 Å². The van der Waals surface area contributed by atoms with Gasteiger partial charge in [0, 0.05) is 25.9 Å². The summed E-state index contributed by atoms with van der Waals surface area (Å²) in [6.07, 6.45) is 1.79. The number of hydrogen-bond acceptors (Lipinski definition) is 3. The van der Waals surface area contributed by atoms with Crippen LogP contribution < -0.4 is 5.32 Å². The molecule has 1 heterocycles. The number of nitrogens with one attached hydrogen (secondary N) is 1. The van der Waals surface area contributed by atoms with E-state index in [0.717, 1.165) is 29.7 Å². The minimum absolute atomic E-state index is 0.106. The molecule has 2 rings (SSSR count). The summed E-state index contributed by atoms with van der Waals surface area (Å²) in [7, 11) is 1.69. The second kappa shape index (κ2) is 7.40. The first-order chi connectivity index (χ1) is 10.5. The minimum atomic E-state index is -0.257. The number of piperidine rings is 1. The number of methoxy groups -OCH3 is 1. The van der Waals surface area contributed by atoms with E-state index in [9.17, 15) is 9.59 Å². The lowest BCUT2D eigenvalue weighted by molar-refractivity contribution is -0.136. The number of hydrogen-bond donors (Lipinski definition) is 1. The normalized spacial score (nSPS) is 15.7. The Morgan fingerprint density at radius 1 is 1.27 bits per heavy atom. The fourth-order valence-corrected chi connectivity index (χ4v) is 2.67. The van der Waals surface area contributed by atoms with E-state index in [1.807, 2.05) is 32.0 Å². The van der Waals surface area contributed by atoms with E-state index in [0.29, 0.717) is 13.1 Å². The molecule has 0 radical (unpaired) electrons. The molecule has 0 unspecified atom stereocenters. The number of carbonyl (C=O) groups is 2. The van der Waals surface area contributed by atoms with Crippen molar-refractivity contribution in [3.8, 4) is 0 Å². The summed E-state index contributed by atoms with van der Waals surface area (Å²) in [5, 5.41) is 2.83. The Morgan fingerprint density at radius 2 is 1.95 bits per heavy atom. The average molecular weight is 304 g/mol. The molecule has 22 heavy (non-hydrogen) atoms. The summed E-state index contributed by atoms with van der Waals surface area (Å²) in [5.41, 5.74) is 2.92. The highest BCUT2D eigenvalue weighted by molar-refractivity contribution is 6.03. The smallest absolute Gasteiger partial charge is 0.233 e. The zero-order chi connectivity index (χ0) is 16.1. The standard InChI is InChI=1S/C17H24N2O3/c1-12-5-4-6-15(13(12)2)18-16(20)11-17(21)19-9-7-14(22-3)8-10-19/h4-6,14H,7-11H2,1-3H3,(H,18,20). The molecule has 0 bridgehead atoms. The quantitative estimate of drug-likeness (QED) is 0.868. The fraction of sp³-hybridized carbons (Fsp3) is 0.529. The molecule has 0 saturated carbocycles. The first-order valence-corrected chi connectivity index (χ1v) is 7.68. The van der Waals surface area contributed by atoms with Crippen molar-refractivity contribution < 1.29 is 14.3 Å². The number of anilines is 1. The van der Waals surface area contributed by atoms with Crippen molar-refractivity contribution in [2.45, 2.75) is 39.2 Å². The molecule has 2 amide bonds. The summed E-state index contributed by atoms with van der Waals surface area (Å²) in [5.74, 6) is -0.370. The van der Waals surface area contributed by atoms with E-state index in [1.54, 1.807) is 12.0 Å². The Bertz CT molecular complexity index is 549. The monoisotopic (exact) mass is 304 g/mol. The summed E-state index contributed by atoms with van der Waals surface area (Å²) >= 11 is 0. The third-order valence-corrected chi connectivity index (χ3v) is 4.32. The van der Waals surface area contributed by atoms with Crippen LogP contribution in [0, 0.1) is 13.8 Å². The van der Waals surface area contributed by atoms with E-state index in [-0.39, 0.29) is 24.3 Å². The van der Waals surface area contributed by atoms with Gasteiger partial charge in [-0.25, -0.2) is 0 Å². The molecule has 0 spiro atoms. The van der Waals surface area contributed by atoms with Crippen molar-refractivity contribution in [2.75, 3.05) is 25.5 Å². The summed E-state index contributed by atoms with van der Waals surface area (Å²) in [6, 6.07) is 5.75. The first kappa shape index (κ1) is 16.5. The predicted octanol–water partition coefficient (Wildman–Crippen LogP) is 2.27. The average Bonchev–Trinajstić information content (AvgIpc) is 2.52. The molecular formula is C17H24N2O3. The Kier molecular flexibility index (Phi) is 5.55. The van der Waals surface area contributed by atoms with Crippen molar-refractivity contribution in [3.05, 3.63) is 29.3 Å². The lowest BCUT2D eigenvalue weighted by Crippen LogP contribution is -2.41. The molecule has 1 aliphatic rings. The van der Waals surface area contributed by atoms with Gasteiger partial charge in [-0.1, -0.05) is 12.1 Å². The maximum absolute atomic E-state index is 12.2. The molecule has 0 aliphatic carbocycles. The molecule has 5 heteroatoms. The van der Waals surface area contributed by atoms with Crippen LogP contribution in [0.4, 0.5) is 5.69 Å². The lowest BCUT2D eigenvalue weighted by Gasteiger charge is -2.31. The van der Waals surface area contributed by atoms with Crippen LogP contribution in [0.25, 0.3) is 0 Å². The largest absolute Gasteiger partial charge is 0.381 e. The molecule has 1 fully saturated rings. The van der Waals surface area contributed by atoms with Crippen LogP contribution in [0.15, 0.2) is 18.2 Å². The van der Waals surface area contributed by atoms with Gasteiger partial charge in [0.15, 0.2) is 0 Å². The number of carbonyl (C=O) groups excluding carboxylic acids is 2. The van der Waals surface area contributed by atoms with Gasteiger partial charge in [-0.15, -0.1) is 0 Å². The van der Waals surface area contributed by atoms with E-state index in [2.05, 4.69) is 5.32 Å². The highest BCUT2D eigenvalue weighted by Crippen LogP contribution is 2.18. The van der Waals surface area contributed by atoms with Crippen LogP contribution >= 0.6 is 0 Å². The van der Waals surface area contributed by atoms with Gasteiger partial charge in [0.25, 0.3) is 0 Å². The van der Waals surface area contributed by atoms with Gasteiger partial charge in [-0.3, -0.25) is 9.59 Å². The Labute approximate surface area is 131 Å². The Hall–Kier alpha value is -1.88. The molecule has 1 aromatic carbocycles. The molecule has 1 saturated heterocycles. The number of aryl methyl sites for hydroxylation is 1. The Morgan fingerprint density at radius 3 is 2.59 bits per heavy atom. The SMILES string of the molecule is COC1CCN(C(=O)CC(=O)Nc2cccc(C)c2C)CC1. The van der Waals surface area contributed by atoms with Gasteiger partial charge >= 0.3 is 0 Å². The second-order valence-electron chi connectivity index (χ2n) is 5.79. The topological polar surface area (TPSA) is 58.6 Å². The van der Waals surface area contributed by atoms with Crippen LogP contribution in [0.3, 0.4) is 0 Å². The zero-order valence-electron chi connectivity index (χ0n) is 13.5. The van der Waals surface area contributed by atoms with Crippen LogP contribution in [-0.2, 0) is 14.3 Å². The number of nitrogens with zero attached hydrogens (tertiary/aromatic N) is 1. The third-order valence-electron chi connectivity index (χ3n) is 4.32. The van der Waals surface area contributed by atoms with Gasteiger partial charge in [0.05, 0.1) is 6.10 Å². The van der Waals surface area contributed by atoms with Crippen LogP contribution in [0.2, 0.25) is 0 Å². The lowest BCUT2D eigenvalue weighted by atomic mass is 10.1. The molecule has 1 aromatic rings. The molecule has 1 aliphatic heterocycles. The number of amides is 2. The Balaban J connectivity index is 1.87. The van der Waals surface area contributed by atoms with Crippen molar-refractivity contribution in [3.63, 3.8) is 0 Å². The molecule has 120 valence electrons. The number of rotatable bonds is 4. The molecule has 5 nitrogen and oxygen atoms in total. The van der Waals surface area contributed by atoms with E-state index < -0.39 is 0 Å². The highest BCUT2D eigenvalue weighted by Gasteiger charge is 2.24. The van der Waals surface area contributed by atoms with Crippen LogP contribution in [0.1, 0.15) is 30.4 Å². The van der Waals surface area contributed by atoms with Gasteiger partial charge in [-0.2, -0.15) is 0 Å². The fourth-order valence-electron chi connectivity index (χ4n) is 2.67. The van der Waals surface area contributed by atoms with Crippen LogP contribution in [-0.4, -0.2) is 43.0 Å². The maximum Gasteiger partial charge on any atom is 0.233 e. The van der Waals surface area contributed by atoms with Gasteiger partial charge in [-0.05, 0) is 43.9 Å². The van der Waals surface area contributed by atoms with Crippen molar-refractivity contribution in [1.82, 2.24) is 4.90 Å². The number of ether oxygens (including phenoxy) is 1. The second-order valence-corrected chi connectivity index (χ2v) is 5.79. The molecule has 0 aromatic heterocycles.